The van der Waals surface area contributed by atoms with Crippen molar-refractivity contribution in [1.82, 2.24) is 15.3 Å². The lowest BCUT2D eigenvalue weighted by Gasteiger charge is -2.28. The number of carbonyl (C=O) groups is 1. The van der Waals surface area contributed by atoms with Gasteiger partial charge in [0.05, 0.1) is 4.92 Å². The zero-order valence-electron chi connectivity index (χ0n) is 19.1. The first-order chi connectivity index (χ1) is 17.5. The fourth-order valence-electron chi connectivity index (χ4n) is 4.17. The van der Waals surface area contributed by atoms with Crippen LogP contribution in [0.2, 0.25) is 0 Å². The number of hydrogen-bond donors (Lipinski definition) is 2. The van der Waals surface area contributed by atoms with E-state index in [-0.39, 0.29) is 16.4 Å². The molecule has 0 unspecified atom stereocenters. The standard InChI is InChI=1S/C25H22N6O4S/c32-23(16-9-10-19(20(15-16)31(33)34)30-12-2-1-3-13-30)29-25(36)27-18-7-4-6-17(14-18)24-28-22-21(35-24)8-5-11-26-22/h4-11,14-15H,1-3,12-13H2,(H2,27,29,32,36). The molecule has 0 aliphatic carbocycles. The lowest BCUT2D eigenvalue weighted by atomic mass is 10.1. The van der Waals surface area contributed by atoms with E-state index in [2.05, 4.69) is 20.6 Å². The van der Waals surface area contributed by atoms with E-state index in [9.17, 15) is 14.9 Å². The molecule has 2 N–H and O–H groups in total. The van der Waals surface area contributed by atoms with Gasteiger partial charge in [-0.2, -0.15) is 4.98 Å². The van der Waals surface area contributed by atoms with Crippen LogP contribution in [0.4, 0.5) is 17.1 Å². The number of thiocarbonyl (C=S) groups is 1. The second-order valence-corrected chi connectivity index (χ2v) is 8.75. The van der Waals surface area contributed by atoms with Gasteiger partial charge in [-0.3, -0.25) is 20.2 Å². The minimum absolute atomic E-state index is 0.0548. The topological polar surface area (TPSA) is 126 Å². The van der Waals surface area contributed by atoms with Crippen LogP contribution in [0.1, 0.15) is 29.6 Å². The fraction of sp³-hybridized carbons (Fsp3) is 0.200. The van der Waals surface area contributed by atoms with Crippen LogP contribution in [0.15, 0.2) is 65.2 Å². The Bertz CT molecular complexity index is 1430. The number of nitrogens with one attached hydrogen (secondary N) is 2. The SMILES string of the molecule is O=C(NC(=S)Nc1cccc(-c2nc3ncccc3o2)c1)c1ccc(N2CCCCC2)c([N+](=O)[O-])c1. The van der Waals surface area contributed by atoms with Crippen molar-refractivity contribution in [2.24, 2.45) is 0 Å². The maximum atomic E-state index is 12.8. The van der Waals surface area contributed by atoms with Crippen LogP contribution in [-0.4, -0.2) is 39.0 Å². The van der Waals surface area contributed by atoms with Crippen molar-refractivity contribution >= 4 is 51.5 Å². The molecule has 3 heterocycles. The molecule has 0 bridgehead atoms. The highest BCUT2D eigenvalue weighted by Gasteiger charge is 2.23. The Hall–Kier alpha value is -4.38. The number of oxazole rings is 1. The summed E-state index contributed by atoms with van der Waals surface area (Å²) in [6, 6.07) is 15.3. The summed E-state index contributed by atoms with van der Waals surface area (Å²) in [6.45, 7) is 1.53. The van der Waals surface area contributed by atoms with E-state index >= 15 is 0 Å². The van der Waals surface area contributed by atoms with Crippen molar-refractivity contribution in [3.8, 4) is 11.5 Å². The van der Waals surface area contributed by atoms with Crippen molar-refractivity contribution in [2.45, 2.75) is 19.3 Å². The summed E-state index contributed by atoms with van der Waals surface area (Å²) in [5, 5.41) is 17.3. The van der Waals surface area contributed by atoms with Crippen LogP contribution in [0.5, 0.6) is 0 Å². The largest absolute Gasteiger partial charge is 0.434 e. The number of rotatable bonds is 5. The molecule has 2 aromatic carbocycles. The first-order valence-corrected chi connectivity index (χ1v) is 11.9. The molecule has 1 aliphatic rings. The second kappa shape index (κ2) is 10.1. The molecule has 1 aliphatic heterocycles. The molecule has 1 fully saturated rings. The average molecular weight is 503 g/mol. The zero-order valence-corrected chi connectivity index (χ0v) is 20.0. The number of hydrogen-bond acceptors (Lipinski definition) is 8. The van der Waals surface area contributed by atoms with Crippen LogP contribution < -0.4 is 15.5 Å². The number of piperidine rings is 1. The van der Waals surface area contributed by atoms with Crippen LogP contribution in [0.25, 0.3) is 22.7 Å². The Morgan fingerprint density at radius 2 is 1.92 bits per heavy atom. The summed E-state index contributed by atoms with van der Waals surface area (Å²) >= 11 is 5.30. The Morgan fingerprint density at radius 1 is 1.08 bits per heavy atom. The quantitative estimate of drug-likeness (QED) is 0.222. The molecule has 0 radical (unpaired) electrons. The van der Waals surface area contributed by atoms with E-state index < -0.39 is 10.8 Å². The van der Waals surface area contributed by atoms with Gasteiger partial charge in [-0.15, -0.1) is 0 Å². The highest BCUT2D eigenvalue weighted by molar-refractivity contribution is 7.80. The van der Waals surface area contributed by atoms with Crippen molar-refractivity contribution in [3.05, 3.63) is 76.5 Å². The predicted octanol–water partition coefficient (Wildman–Crippen LogP) is 4.92. The van der Waals surface area contributed by atoms with E-state index in [0.29, 0.717) is 34.1 Å². The maximum Gasteiger partial charge on any atom is 0.293 e. The molecule has 5 rings (SSSR count). The number of amides is 1. The smallest absolute Gasteiger partial charge is 0.293 e. The second-order valence-electron chi connectivity index (χ2n) is 8.34. The molecular weight excluding hydrogens is 480 g/mol. The van der Waals surface area contributed by atoms with Crippen molar-refractivity contribution in [2.75, 3.05) is 23.3 Å². The summed E-state index contributed by atoms with van der Waals surface area (Å²) in [6.07, 6.45) is 4.74. The summed E-state index contributed by atoms with van der Waals surface area (Å²) in [5.74, 6) is -0.134. The van der Waals surface area contributed by atoms with Gasteiger partial charge in [0, 0.05) is 42.2 Å². The van der Waals surface area contributed by atoms with Gasteiger partial charge in [-0.25, -0.2) is 4.98 Å². The van der Waals surface area contributed by atoms with E-state index in [4.69, 9.17) is 16.6 Å². The third-order valence-corrected chi connectivity index (χ3v) is 6.09. The van der Waals surface area contributed by atoms with Crippen LogP contribution in [0.3, 0.4) is 0 Å². The molecule has 11 heteroatoms. The third-order valence-electron chi connectivity index (χ3n) is 5.89. The molecule has 1 amide bonds. The Labute approximate surface area is 211 Å². The molecule has 0 atom stereocenters. The lowest BCUT2D eigenvalue weighted by molar-refractivity contribution is -0.384. The summed E-state index contributed by atoms with van der Waals surface area (Å²) in [4.78, 5) is 34.6. The van der Waals surface area contributed by atoms with Gasteiger partial charge in [0.1, 0.15) is 5.69 Å². The number of aromatic nitrogens is 2. The van der Waals surface area contributed by atoms with Crippen LogP contribution >= 0.6 is 12.2 Å². The van der Waals surface area contributed by atoms with Gasteiger partial charge < -0.3 is 14.6 Å². The third kappa shape index (κ3) is 5.01. The number of nitrogens with zero attached hydrogens (tertiary/aromatic N) is 4. The first kappa shape index (κ1) is 23.4. The van der Waals surface area contributed by atoms with Crippen LogP contribution in [-0.2, 0) is 0 Å². The van der Waals surface area contributed by atoms with Crippen LogP contribution in [0, 0.1) is 10.1 Å². The number of anilines is 2. The van der Waals surface area contributed by atoms with Gasteiger partial charge in [0.25, 0.3) is 11.6 Å². The van der Waals surface area contributed by atoms with Crippen molar-refractivity contribution in [1.29, 1.82) is 0 Å². The molecule has 182 valence electrons. The highest BCUT2D eigenvalue weighted by atomic mass is 32.1. The highest BCUT2D eigenvalue weighted by Crippen LogP contribution is 2.31. The summed E-state index contributed by atoms with van der Waals surface area (Å²) in [7, 11) is 0. The Kier molecular flexibility index (Phi) is 6.54. The summed E-state index contributed by atoms with van der Waals surface area (Å²) in [5.41, 5.74) is 2.99. The average Bonchev–Trinajstić information content (AvgIpc) is 3.33. The Balaban J connectivity index is 1.28. The van der Waals surface area contributed by atoms with Gasteiger partial charge >= 0.3 is 0 Å². The fourth-order valence-corrected chi connectivity index (χ4v) is 4.38. The minimum Gasteiger partial charge on any atom is -0.434 e. The van der Waals surface area contributed by atoms with E-state index in [1.54, 1.807) is 48.7 Å². The van der Waals surface area contributed by atoms with Gasteiger partial charge in [0.15, 0.2) is 16.3 Å². The maximum absolute atomic E-state index is 12.8. The number of fused-ring (bicyclic) bond motifs is 1. The van der Waals surface area contributed by atoms with E-state index in [0.717, 1.165) is 32.4 Å². The van der Waals surface area contributed by atoms with Gasteiger partial charge in [-0.1, -0.05) is 6.07 Å². The zero-order chi connectivity index (χ0) is 25.1. The lowest BCUT2D eigenvalue weighted by Crippen LogP contribution is -2.34. The molecule has 0 spiro atoms. The molecule has 4 aromatic rings. The number of nitro benzene ring substituents is 1. The van der Waals surface area contributed by atoms with E-state index in [1.165, 1.54) is 6.07 Å². The molecule has 10 nitrogen and oxygen atoms in total. The number of benzene rings is 2. The molecule has 0 saturated carbocycles. The molecule has 2 aromatic heterocycles. The van der Waals surface area contributed by atoms with Crippen molar-refractivity contribution < 1.29 is 14.1 Å². The van der Waals surface area contributed by atoms with Crippen molar-refractivity contribution in [3.63, 3.8) is 0 Å². The number of pyridine rings is 1. The Morgan fingerprint density at radius 3 is 2.69 bits per heavy atom. The minimum atomic E-state index is -0.540. The van der Waals surface area contributed by atoms with Gasteiger partial charge in [-0.05, 0) is 73.9 Å². The normalized spacial score (nSPS) is 13.4. The molecular formula is C25H22N6O4S. The molecule has 1 saturated heterocycles. The monoisotopic (exact) mass is 502 g/mol. The number of carbonyl (C=O) groups excluding carboxylic acids is 1. The first-order valence-electron chi connectivity index (χ1n) is 11.5. The van der Waals surface area contributed by atoms with E-state index in [1.807, 2.05) is 11.0 Å². The summed E-state index contributed by atoms with van der Waals surface area (Å²) < 4.78 is 5.76. The van der Waals surface area contributed by atoms with Gasteiger partial charge in [0.2, 0.25) is 5.89 Å². The molecule has 36 heavy (non-hydrogen) atoms. The predicted molar refractivity (Wildman–Crippen MR) is 140 cm³/mol. The number of nitro groups is 1.